The number of nitrogens with one attached hydrogen (secondary N) is 1. The molecule has 0 fully saturated rings. The molecule has 0 bridgehead atoms. The number of carboxylic acid groups (broad SMARTS) is 1. The Morgan fingerprint density at radius 3 is 2.62 bits per heavy atom. The van der Waals surface area contributed by atoms with Crippen LogP contribution in [0.4, 0.5) is 0 Å². The fourth-order valence-corrected chi connectivity index (χ4v) is 1.78. The number of H-pyrrole nitrogens is 1. The van der Waals surface area contributed by atoms with E-state index in [1.165, 1.54) is 6.92 Å². The number of aromatic nitrogens is 1. The van der Waals surface area contributed by atoms with E-state index in [9.17, 15) is 9.59 Å². The minimum Gasteiger partial charge on any atom is -0.478 e. The Kier molecular flexibility index (Phi) is 2.27. The van der Waals surface area contributed by atoms with Crippen molar-refractivity contribution in [1.82, 2.24) is 4.98 Å². The molecule has 82 valence electrons. The van der Waals surface area contributed by atoms with Crippen molar-refractivity contribution in [3.8, 4) is 0 Å². The first-order chi connectivity index (χ1) is 7.50. The van der Waals surface area contributed by atoms with Gasteiger partial charge in [-0.05, 0) is 26.0 Å². The zero-order chi connectivity index (χ0) is 11.9. The van der Waals surface area contributed by atoms with Crippen LogP contribution in [0.1, 0.15) is 21.5 Å². The SMILES string of the molecule is Cc1ccc2[nH]c(=O)c(C)c(C(=O)O)c2c1. The molecule has 0 aliphatic carbocycles. The number of hydrogen-bond acceptors (Lipinski definition) is 2. The van der Waals surface area contributed by atoms with Gasteiger partial charge in [-0.3, -0.25) is 4.79 Å². The number of aromatic carboxylic acids is 1. The average molecular weight is 217 g/mol. The quantitative estimate of drug-likeness (QED) is 0.765. The molecule has 0 unspecified atom stereocenters. The number of carboxylic acids is 1. The van der Waals surface area contributed by atoms with Crippen molar-refractivity contribution in [2.45, 2.75) is 13.8 Å². The van der Waals surface area contributed by atoms with Crippen LogP contribution in [0.25, 0.3) is 10.9 Å². The Morgan fingerprint density at radius 1 is 1.31 bits per heavy atom. The summed E-state index contributed by atoms with van der Waals surface area (Å²) in [4.78, 5) is 25.3. The second-order valence-electron chi connectivity index (χ2n) is 3.81. The van der Waals surface area contributed by atoms with E-state index < -0.39 is 5.97 Å². The molecule has 1 aromatic heterocycles. The molecule has 4 nitrogen and oxygen atoms in total. The van der Waals surface area contributed by atoms with Gasteiger partial charge in [0.25, 0.3) is 5.56 Å². The van der Waals surface area contributed by atoms with Gasteiger partial charge in [0.15, 0.2) is 0 Å². The van der Waals surface area contributed by atoms with Crippen LogP contribution in [0.5, 0.6) is 0 Å². The number of fused-ring (bicyclic) bond motifs is 1. The third-order valence-corrected chi connectivity index (χ3v) is 2.62. The van der Waals surface area contributed by atoms with E-state index in [1.807, 2.05) is 13.0 Å². The molecule has 0 aliphatic heterocycles. The molecular formula is C12H11NO3. The molecule has 0 atom stereocenters. The van der Waals surface area contributed by atoms with Crippen molar-refractivity contribution in [3.05, 3.63) is 45.2 Å². The Hall–Kier alpha value is -2.10. The first kappa shape index (κ1) is 10.4. The summed E-state index contributed by atoms with van der Waals surface area (Å²) in [5.41, 5.74) is 1.49. The van der Waals surface area contributed by atoms with Gasteiger partial charge < -0.3 is 10.1 Å². The fourth-order valence-electron chi connectivity index (χ4n) is 1.78. The molecule has 4 heteroatoms. The smallest absolute Gasteiger partial charge is 0.336 e. The predicted molar refractivity (Wildman–Crippen MR) is 61.0 cm³/mol. The summed E-state index contributed by atoms with van der Waals surface area (Å²) in [6.45, 7) is 3.40. The maximum atomic E-state index is 11.5. The molecule has 1 aromatic carbocycles. The summed E-state index contributed by atoms with van der Waals surface area (Å²) in [7, 11) is 0. The Bertz CT molecular complexity index is 640. The molecule has 1 heterocycles. The van der Waals surface area contributed by atoms with Crippen molar-refractivity contribution >= 4 is 16.9 Å². The highest BCUT2D eigenvalue weighted by Crippen LogP contribution is 2.19. The van der Waals surface area contributed by atoms with Crippen LogP contribution in [0, 0.1) is 13.8 Å². The first-order valence-electron chi connectivity index (χ1n) is 4.87. The van der Waals surface area contributed by atoms with Crippen molar-refractivity contribution < 1.29 is 9.90 Å². The van der Waals surface area contributed by atoms with Crippen LogP contribution in [-0.2, 0) is 0 Å². The summed E-state index contributed by atoms with van der Waals surface area (Å²) in [5.74, 6) is -1.07. The third kappa shape index (κ3) is 1.48. The standard InChI is InChI=1S/C12H11NO3/c1-6-3-4-9-8(5-6)10(12(15)16)7(2)11(14)13-9/h3-5H,1-2H3,(H,13,14)(H,15,16). The van der Waals surface area contributed by atoms with E-state index in [2.05, 4.69) is 4.98 Å². The third-order valence-electron chi connectivity index (χ3n) is 2.62. The van der Waals surface area contributed by atoms with Gasteiger partial charge in [-0.2, -0.15) is 0 Å². The molecule has 0 spiro atoms. The van der Waals surface area contributed by atoms with Gasteiger partial charge in [0, 0.05) is 16.5 Å². The zero-order valence-electron chi connectivity index (χ0n) is 9.00. The maximum absolute atomic E-state index is 11.5. The molecule has 0 radical (unpaired) electrons. The highest BCUT2D eigenvalue weighted by atomic mass is 16.4. The maximum Gasteiger partial charge on any atom is 0.336 e. The molecule has 2 rings (SSSR count). The number of carbonyl (C=O) groups is 1. The second-order valence-corrected chi connectivity index (χ2v) is 3.81. The van der Waals surface area contributed by atoms with Gasteiger partial charge in [0.1, 0.15) is 0 Å². The summed E-state index contributed by atoms with van der Waals surface area (Å²) in [6, 6.07) is 5.32. The first-order valence-corrected chi connectivity index (χ1v) is 4.87. The average Bonchev–Trinajstić information content (AvgIpc) is 2.20. The summed E-state index contributed by atoms with van der Waals surface area (Å²) < 4.78 is 0. The van der Waals surface area contributed by atoms with Gasteiger partial charge >= 0.3 is 5.97 Å². The van der Waals surface area contributed by atoms with Gasteiger partial charge in [-0.15, -0.1) is 0 Å². The summed E-state index contributed by atoms with van der Waals surface area (Å²) in [6.07, 6.45) is 0. The number of rotatable bonds is 1. The van der Waals surface area contributed by atoms with Crippen LogP contribution >= 0.6 is 0 Å². The van der Waals surface area contributed by atoms with Crippen LogP contribution < -0.4 is 5.56 Å². The van der Waals surface area contributed by atoms with E-state index in [0.29, 0.717) is 10.9 Å². The Labute approximate surface area is 91.5 Å². The number of benzene rings is 1. The molecule has 0 aliphatic rings. The molecule has 2 aromatic rings. The number of aromatic amines is 1. The highest BCUT2D eigenvalue weighted by Gasteiger charge is 2.15. The topological polar surface area (TPSA) is 70.2 Å². The van der Waals surface area contributed by atoms with Crippen molar-refractivity contribution in [3.63, 3.8) is 0 Å². The molecule has 16 heavy (non-hydrogen) atoms. The molecule has 0 amide bonds. The zero-order valence-corrected chi connectivity index (χ0v) is 9.00. The monoisotopic (exact) mass is 217 g/mol. The van der Waals surface area contributed by atoms with E-state index in [4.69, 9.17) is 5.11 Å². The second kappa shape index (κ2) is 3.48. The van der Waals surface area contributed by atoms with Gasteiger partial charge in [0.2, 0.25) is 0 Å². The van der Waals surface area contributed by atoms with Gasteiger partial charge in [-0.1, -0.05) is 11.6 Å². The van der Waals surface area contributed by atoms with Crippen LogP contribution in [0.3, 0.4) is 0 Å². The minimum absolute atomic E-state index is 0.0856. The Balaban J connectivity index is 3.02. The summed E-state index contributed by atoms with van der Waals surface area (Å²) in [5, 5.41) is 9.70. The normalized spacial score (nSPS) is 10.6. The molecular weight excluding hydrogens is 206 g/mol. The molecule has 0 saturated carbocycles. The van der Waals surface area contributed by atoms with Gasteiger partial charge in [-0.25, -0.2) is 4.79 Å². The minimum atomic E-state index is -1.07. The van der Waals surface area contributed by atoms with Gasteiger partial charge in [0.05, 0.1) is 5.56 Å². The van der Waals surface area contributed by atoms with Crippen LogP contribution in [0.15, 0.2) is 23.0 Å². The fraction of sp³-hybridized carbons (Fsp3) is 0.167. The van der Waals surface area contributed by atoms with E-state index >= 15 is 0 Å². The lowest BCUT2D eigenvalue weighted by Crippen LogP contribution is -2.16. The Morgan fingerprint density at radius 2 is 2.00 bits per heavy atom. The number of aryl methyl sites for hydroxylation is 1. The number of pyridine rings is 1. The van der Waals surface area contributed by atoms with Crippen molar-refractivity contribution in [2.75, 3.05) is 0 Å². The van der Waals surface area contributed by atoms with Crippen molar-refractivity contribution in [1.29, 1.82) is 0 Å². The molecule has 0 saturated heterocycles. The number of hydrogen-bond donors (Lipinski definition) is 2. The van der Waals surface area contributed by atoms with Crippen molar-refractivity contribution in [2.24, 2.45) is 0 Å². The highest BCUT2D eigenvalue weighted by molar-refractivity contribution is 6.03. The van der Waals surface area contributed by atoms with E-state index in [0.717, 1.165) is 5.56 Å². The molecule has 2 N–H and O–H groups in total. The summed E-state index contributed by atoms with van der Waals surface area (Å²) >= 11 is 0. The lowest BCUT2D eigenvalue weighted by molar-refractivity contribution is 0.0698. The lowest BCUT2D eigenvalue weighted by atomic mass is 10.0. The van der Waals surface area contributed by atoms with E-state index in [-0.39, 0.29) is 16.7 Å². The lowest BCUT2D eigenvalue weighted by Gasteiger charge is -2.06. The van der Waals surface area contributed by atoms with Crippen LogP contribution in [-0.4, -0.2) is 16.1 Å². The van der Waals surface area contributed by atoms with E-state index in [1.54, 1.807) is 12.1 Å². The largest absolute Gasteiger partial charge is 0.478 e. The van der Waals surface area contributed by atoms with Crippen LogP contribution in [0.2, 0.25) is 0 Å². The predicted octanol–water partition coefficient (Wildman–Crippen LogP) is 1.84.